The van der Waals surface area contributed by atoms with E-state index in [1.807, 2.05) is 0 Å². The number of carbonyl (C=O) groups is 2. The number of hydrogen-bond donors (Lipinski definition) is 0. The number of carboxylic acids is 1. The second-order valence-corrected chi connectivity index (χ2v) is 1.12. The van der Waals surface area contributed by atoms with Crippen LogP contribution in [0.3, 0.4) is 0 Å². The molecule has 1 N–H and O–H groups in total. The summed E-state index contributed by atoms with van der Waals surface area (Å²) >= 11 is 0. The van der Waals surface area contributed by atoms with Crippen LogP contribution in [0.25, 0.3) is 0 Å². The predicted molar refractivity (Wildman–Crippen MR) is 23.6 cm³/mol. The molecule has 0 rings (SSSR count). The average Bonchev–Trinajstić information content (AvgIpc) is 1.65. The van der Waals surface area contributed by atoms with Crippen LogP contribution in [0.4, 0.5) is 0 Å². The Hall–Kier alpha value is 2.17. The largest absolute Gasteiger partial charge is 1.00 e. The van der Waals surface area contributed by atoms with Crippen molar-refractivity contribution in [3.63, 3.8) is 0 Å². The van der Waals surface area contributed by atoms with E-state index in [9.17, 15) is 14.7 Å². The third-order valence-electron chi connectivity index (χ3n) is 0.516. The van der Waals surface area contributed by atoms with Gasteiger partial charge in [0.25, 0.3) is 0 Å². The molecular weight excluding hydrogens is 206 g/mol. The van der Waals surface area contributed by atoms with Crippen molar-refractivity contribution >= 4 is 11.9 Å². The topological polar surface area (TPSA) is 96.4 Å². The molecule has 54 valence electrons. The zero-order valence-corrected chi connectivity index (χ0v) is 13.0. The first kappa shape index (κ1) is 23.2. The Labute approximate surface area is 149 Å². The number of methoxy groups -OCH3 is 1. The fourth-order valence-corrected chi connectivity index (χ4v) is 0.190. The molecule has 5 nitrogen and oxygen atoms in total. The molecule has 0 aliphatic carbocycles. The van der Waals surface area contributed by atoms with Crippen LogP contribution in [0.2, 0.25) is 0 Å². The van der Waals surface area contributed by atoms with Gasteiger partial charge in [-0.15, -0.1) is 0 Å². The van der Waals surface area contributed by atoms with Crippen LogP contribution >= 0.6 is 0 Å². The Morgan fingerprint density at radius 1 is 1.36 bits per heavy atom. The van der Waals surface area contributed by atoms with Gasteiger partial charge in [0.05, 0.1) is 19.5 Å². The zero-order chi connectivity index (χ0) is 6.57. The standard InChI is InChI=1S/C4H6O4.2K.H2O/c1-8-4(7)2-3(5)6;;;/h2H2,1H3,(H,5,6);;;1H2/q;2*+1;/p-2. The van der Waals surface area contributed by atoms with Crippen LogP contribution in [0, 0.1) is 0 Å². The maximum Gasteiger partial charge on any atom is 1.00 e. The van der Waals surface area contributed by atoms with Crippen molar-refractivity contribution in [2.45, 2.75) is 6.42 Å². The Balaban J connectivity index is -0.0000000817. The molecule has 0 heterocycles. The minimum absolute atomic E-state index is 0. The predicted octanol–water partition coefficient (Wildman–Crippen LogP) is -7.87. The van der Waals surface area contributed by atoms with Gasteiger partial charge >= 0.3 is 109 Å². The van der Waals surface area contributed by atoms with Crippen molar-refractivity contribution in [1.82, 2.24) is 0 Å². The van der Waals surface area contributed by atoms with E-state index in [1.165, 1.54) is 0 Å². The summed E-state index contributed by atoms with van der Waals surface area (Å²) in [6, 6.07) is 0. The van der Waals surface area contributed by atoms with E-state index < -0.39 is 18.4 Å². The summed E-state index contributed by atoms with van der Waals surface area (Å²) in [6.07, 6.45) is -0.670. The third-order valence-corrected chi connectivity index (χ3v) is 0.516. The fraction of sp³-hybridized carbons (Fsp3) is 0.500. The number of ether oxygens (including phenoxy) is 1. The second kappa shape index (κ2) is 14.7. The minimum Gasteiger partial charge on any atom is -0.870 e. The minimum atomic E-state index is -1.42. The molecule has 0 aromatic carbocycles. The molecule has 0 fully saturated rings. The summed E-state index contributed by atoms with van der Waals surface area (Å²) in [6.45, 7) is 0. The van der Waals surface area contributed by atoms with E-state index in [-0.39, 0.29) is 108 Å². The van der Waals surface area contributed by atoms with Gasteiger partial charge in [0.1, 0.15) is 0 Å². The summed E-state index contributed by atoms with van der Waals surface area (Å²) < 4.78 is 4.00. The Morgan fingerprint density at radius 3 is 1.82 bits per heavy atom. The SMILES string of the molecule is COC(=O)CC(=O)[O-].[K+].[K+].[OH-]. The molecule has 0 saturated heterocycles. The molecule has 0 unspecified atom stereocenters. The van der Waals surface area contributed by atoms with E-state index in [4.69, 9.17) is 0 Å². The van der Waals surface area contributed by atoms with E-state index in [2.05, 4.69) is 4.74 Å². The van der Waals surface area contributed by atoms with Crippen LogP contribution in [0.15, 0.2) is 0 Å². The van der Waals surface area contributed by atoms with Gasteiger partial charge < -0.3 is 20.1 Å². The molecule has 0 saturated carbocycles. The number of esters is 1. The summed E-state index contributed by atoms with van der Waals surface area (Å²) in [5.74, 6) is -2.21. The first-order chi connectivity index (χ1) is 3.66. The van der Waals surface area contributed by atoms with E-state index in [1.54, 1.807) is 0 Å². The molecule has 0 radical (unpaired) electrons. The molecule has 0 spiro atoms. The van der Waals surface area contributed by atoms with Crippen LogP contribution in [-0.2, 0) is 14.3 Å². The van der Waals surface area contributed by atoms with Crippen molar-refractivity contribution in [3.05, 3.63) is 0 Å². The van der Waals surface area contributed by atoms with Gasteiger partial charge in [-0.3, -0.25) is 4.79 Å². The van der Waals surface area contributed by atoms with Gasteiger partial charge in [0.15, 0.2) is 0 Å². The second-order valence-electron chi connectivity index (χ2n) is 1.12. The van der Waals surface area contributed by atoms with Crippen LogP contribution in [-0.4, -0.2) is 24.5 Å². The Bertz CT molecular complexity index is 115. The molecular formula is C4H6K2O5. The van der Waals surface area contributed by atoms with E-state index in [0.29, 0.717) is 0 Å². The smallest absolute Gasteiger partial charge is 0.870 e. The van der Waals surface area contributed by atoms with Gasteiger partial charge in [-0.2, -0.15) is 0 Å². The number of rotatable bonds is 2. The molecule has 0 aromatic heterocycles. The third kappa shape index (κ3) is 18.9. The van der Waals surface area contributed by atoms with Gasteiger partial charge in [0, 0.05) is 0 Å². The molecule has 0 bridgehead atoms. The van der Waals surface area contributed by atoms with Crippen LogP contribution in [0.5, 0.6) is 0 Å². The van der Waals surface area contributed by atoms with Crippen molar-refractivity contribution in [2.24, 2.45) is 0 Å². The Kier molecular flexibility index (Phi) is 31.0. The molecule has 0 amide bonds. The first-order valence-corrected chi connectivity index (χ1v) is 1.93. The number of carbonyl (C=O) groups excluding carboxylic acids is 2. The number of aliphatic carboxylic acids is 1. The molecule has 0 aliphatic heterocycles. The van der Waals surface area contributed by atoms with Crippen LogP contribution in [0.1, 0.15) is 6.42 Å². The quantitative estimate of drug-likeness (QED) is 0.257. The fourth-order valence-electron chi connectivity index (χ4n) is 0.190. The zero-order valence-electron chi connectivity index (χ0n) is 6.79. The number of hydrogen-bond acceptors (Lipinski definition) is 5. The van der Waals surface area contributed by atoms with Gasteiger partial charge in [-0.25, -0.2) is 0 Å². The van der Waals surface area contributed by atoms with E-state index in [0.717, 1.165) is 7.11 Å². The number of carboxylic acid groups (broad SMARTS) is 1. The Morgan fingerprint density at radius 2 is 1.73 bits per heavy atom. The van der Waals surface area contributed by atoms with Crippen molar-refractivity contribution in [2.75, 3.05) is 7.11 Å². The maximum atomic E-state index is 9.98. The van der Waals surface area contributed by atoms with Gasteiger partial charge in [-0.1, -0.05) is 0 Å². The maximum absolute atomic E-state index is 9.98. The molecule has 0 aliphatic rings. The van der Waals surface area contributed by atoms with Crippen molar-refractivity contribution < 1.29 is 128 Å². The van der Waals surface area contributed by atoms with Gasteiger partial charge in [-0.05, 0) is 0 Å². The monoisotopic (exact) mass is 212 g/mol. The molecule has 11 heavy (non-hydrogen) atoms. The normalized spacial score (nSPS) is 5.91. The molecule has 0 atom stereocenters. The summed E-state index contributed by atoms with van der Waals surface area (Å²) in [5.41, 5.74) is 0. The summed E-state index contributed by atoms with van der Waals surface area (Å²) in [4.78, 5) is 19.5. The van der Waals surface area contributed by atoms with Crippen LogP contribution < -0.4 is 108 Å². The van der Waals surface area contributed by atoms with Crippen molar-refractivity contribution in [3.8, 4) is 0 Å². The molecule has 0 aromatic rings. The van der Waals surface area contributed by atoms with E-state index >= 15 is 0 Å². The molecule has 7 heteroatoms. The van der Waals surface area contributed by atoms with Crippen molar-refractivity contribution in [1.29, 1.82) is 0 Å². The first-order valence-electron chi connectivity index (χ1n) is 1.93. The summed E-state index contributed by atoms with van der Waals surface area (Å²) in [5, 5.41) is 9.56. The summed E-state index contributed by atoms with van der Waals surface area (Å²) in [7, 11) is 1.12. The van der Waals surface area contributed by atoms with Gasteiger partial charge in [0.2, 0.25) is 0 Å². The average molecular weight is 212 g/mol.